The Kier molecular flexibility index (Phi) is 3.99. The van der Waals surface area contributed by atoms with Crippen LogP contribution in [0.1, 0.15) is 10.4 Å². The molecular weight excluding hydrogens is 337 g/mol. The first-order valence-corrected chi connectivity index (χ1v) is 6.18. The largest absolute Gasteiger partial charge is 0.397 e. The molecule has 0 aliphatic heterocycles. The number of rotatable bonds is 2. The molecule has 2 aromatic rings. The summed E-state index contributed by atoms with van der Waals surface area (Å²) in [7, 11) is 0. The van der Waals surface area contributed by atoms with E-state index in [1.54, 1.807) is 6.07 Å². The van der Waals surface area contributed by atoms with Crippen LogP contribution in [0.3, 0.4) is 0 Å². The average Bonchev–Trinajstić information content (AvgIpc) is 2.31. The standard InChI is InChI=1S/C13H8BrF3N2O/c14-6-1-2-11(10(18)3-6)19-13(20)12-8(16)4-7(15)5-9(12)17/h1-5H,18H2,(H,19,20). The Labute approximate surface area is 120 Å². The van der Waals surface area contributed by atoms with Crippen molar-refractivity contribution in [1.29, 1.82) is 0 Å². The lowest BCUT2D eigenvalue weighted by Gasteiger charge is -2.09. The zero-order chi connectivity index (χ0) is 14.9. The van der Waals surface area contributed by atoms with Gasteiger partial charge in [0.25, 0.3) is 5.91 Å². The third kappa shape index (κ3) is 2.93. The van der Waals surface area contributed by atoms with E-state index in [0.717, 1.165) is 0 Å². The molecule has 0 saturated heterocycles. The monoisotopic (exact) mass is 344 g/mol. The summed E-state index contributed by atoms with van der Waals surface area (Å²) in [5, 5.41) is 2.27. The first-order valence-electron chi connectivity index (χ1n) is 5.39. The van der Waals surface area contributed by atoms with E-state index < -0.39 is 28.9 Å². The van der Waals surface area contributed by atoms with Crippen LogP contribution in [-0.4, -0.2) is 5.91 Å². The maximum absolute atomic E-state index is 13.4. The topological polar surface area (TPSA) is 55.1 Å². The van der Waals surface area contributed by atoms with Crippen molar-refractivity contribution < 1.29 is 18.0 Å². The summed E-state index contributed by atoms with van der Waals surface area (Å²) in [5.41, 5.74) is 5.20. The predicted molar refractivity (Wildman–Crippen MR) is 72.8 cm³/mol. The van der Waals surface area contributed by atoms with Crippen molar-refractivity contribution in [3.8, 4) is 0 Å². The SMILES string of the molecule is Nc1cc(Br)ccc1NC(=O)c1c(F)cc(F)cc1F. The molecule has 3 N–H and O–H groups in total. The lowest BCUT2D eigenvalue weighted by Crippen LogP contribution is -2.17. The number of amides is 1. The van der Waals surface area contributed by atoms with Crippen LogP contribution in [0.2, 0.25) is 0 Å². The van der Waals surface area contributed by atoms with Crippen molar-refractivity contribution in [3.05, 3.63) is 57.8 Å². The average molecular weight is 345 g/mol. The second kappa shape index (κ2) is 5.54. The van der Waals surface area contributed by atoms with Crippen LogP contribution in [0.15, 0.2) is 34.8 Å². The van der Waals surface area contributed by atoms with Crippen LogP contribution < -0.4 is 11.1 Å². The molecule has 2 aromatic carbocycles. The number of carbonyl (C=O) groups is 1. The summed E-state index contributed by atoms with van der Waals surface area (Å²) in [5.74, 6) is -4.71. The van der Waals surface area contributed by atoms with Gasteiger partial charge in [0.05, 0.1) is 11.4 Å². The molecule has 0 fully saturated rings. The fourth-order valence-electron chi connectivity index (χ4n) is 1.59. The minimum atomic E-state index is -1.28. The normalized spacial score (nSPS) is 10.4. The van der Waals surface area contributed by atoms with Crippen LogP contribution >= 0.6 is 15.9 Å². The van der Waals surface area contributed by atoms with Gasteiger partial charge in [-0.3, -0.25) is 4.79 Å². The highest BCUT2D eigenvalue weighted by molar-refractivity contribution is 9.10. The molecule has 0 unspecified atom stereocenters. The third-order valence-corrected chi connectivity index (χ3v) is 2.99. The van der Waals surface area contributed by atoms with E-state index in [1.165, 1.54) is 12.1 Å². The molecule has 0 aliphatic rings. The quantitative estimate of drug-likeness (QED) is 0.816. The number of nitrogens with one attached hydrogen (secondary N) is 1. The van der Waals surface area contributed by atoms with Crippen LogP contribution in [0, 0.1) is 17.5 Å². The van der Waals surface area contributed by atoms with Crippen LogP contribution in [0.25, 0.3) is 0 Å². The lowest BCUT2D eigenvalue weighted by atomic mass is 10.1. The number of nitrogen functional groups attached to an aromatic ring is 1. The Morgan fingerprint density at radius 1 is 1.10 bits per heavy atom. The highest BCUT2D eigenvalue weighted by Gasteiger charge is 2.19. The highest BCUT2D eigenvalue weighted by Crippen LogP contribution is 2.24. The van der Waals surface area contributed by atoms with Gasteiger partial charge in [-0.2, -0.15) is 0 Å². The second-order valence-electron chi connectivity index (χ2n) is 3.93. The van der Waals surface area contributed by atoms with Crippen molar-refractivity contribution in [2.45, 2.75) is 0 Å². The van der Waals surface area contributed by atoms with Gasteiger partial charge in [0.1, 0.15) is 23.0 Å². The summed E-state index contributed by atoms with van der Waals surface area (Å²) in [4.78, 5) is 11.8. The van der Waals surface area contributed by atoms with Gasteiger partial charge in [-0.25, -0.2) is 13.2 Å². The Morgan fingerprint density at radius 2 is 1.70 bits per heavy atom. The maximum atomic E-state index is 13.4. The molecule has 20 heavy (non-hydrogen) atoms. The van der Waals surface area contributed by atoms with Gasteiger partial charge in [0, 0.05) is 16.6 Å². The molecule has 7 heteroatoms. The number of anilines is 2. The molecular formula is C13H8BrF3N2O. The first kappa shape index (κ1) is 14.4. The van der Waals surface area contributed by atoms with Crippen LogP contribution in [-0.2, 0) is 0 Å². The van der Waals surface area contributed by atoms with Gasteiger partial charge in [-0.1, -0.05) is 15.9 Å². The van der Waals surface area contributed by atoms with Crippen LogP contribution in [0.4, 0.5) is 24.5 Å². The van der Waals surface area contributed by atoms with E-state index in [9.17, 15) is 18.0 Å². The maximum Gasteiger partial charge on any atom is 0.261 e. The second-order valence-corrected chi connectivity index (χ2v) is 4.85. The van der Waals surface area contributed by atoms with Gasteiger partial charge in [0.2, 0.25) is 0 Å². The Morgan fingerprint density at radius 3 is 2.25 bits per heavy atom. The van der Waals surface area contributed by atoms with Crippen molar-refractivity contribution in [1.82, 2.24) is 0 Å². The lowest BCUT2D eigenvalue weighted by molar-refractivity contribution is 0.101. The minimum absolute atomic E-state index is 0.196. The molecule has 0 heterocycles. The molecule has 0 aromatic heterocycles. The van der Waals surface area contributed by atoms with Crippen LogP contribution in [0.5, 0.6) is 0 Å². The summed E-state index contributed by atoms with van der Waals surface area (Å²) < 4.78 is 40.4. The van der Waals surface area contributed by atoms with Crippen molar-refractivity contribution in [2.75, 3.05) is 11.1 Å². The van der Waals surface area contributed by atoms with Gasteiger partial charge < -0.3 is 11.1 Å². The Balaban J connectivity index is 2.33. The van der Waals surface area contributed by atoms with E-state index in [4.69, 9.17) is 5.73 Å². The molecule has 1 amide bonds. The number of nitrogens with two attached hydrogens (primary N) is 1. The van der Waals surface area contributed by atoms with Gasteiger partial charge in [-0.05, 0) is 18.2 Å². The molecule has 0 bridgehead atoms. The predicted octanol–water partition coefficient (Wildman–Crippen LogP) is 3.70. The number of carbonyl (C=O) groups excluding carboxylic acids is 1. The minimum Gasteiger partial charge on any atom is -0.397 e. The fraction of sp³-hybridized carbons (Fsp3) is 0. The van der Waals surface area contributed by atoms with Crippen molar-refractivity contribution in [2.24, 2.45) is 0 Å². The van der Waals surface area contributed by atoms with E-state index in [0.29, 0.717) is 16.6 Å². The highest BCUT2D eigenvalue weighted by atomic mass is 79.9. The van der Waals surface area contributed by atoms with Gasteiger partial charge in [0.15, 0.2) is 0 Å². The zero-order valence-electron chi connectivity index (χ0n) is 9.88. The Bertz CT molecular complexity index is 668. The van der Waals surface area contributed by atoms with E-state index in [-0.39, 0.29) is 11.4 Å². The molecule has 2 rings (SSSR count). The Hall–Kier alpha value is -2.02. The van der Waals surface area contributed by atoms with Gasteiger partial charge >= 0.3 is 0 Å². The zero-order valence-corrected chi connectivity index (χ0v) is 11.5. The summed E-state index contributed by atoms with van der Waals surface area (Å²) in [6.45, 7) is 0. The number of hydrogen-bond acceptors (Lipinski definition) is 2. The van der Waals surface area contributed by atoms with Crippen molar-refractivity contribution >= 4 is 33.2 Å². The first-order chi connectivity index (χ1) is 9.38. The van der Waals surface area contributed by atoms with Crippen molar-refractivity contribution in [3.63, 3.8) is 0 Å². The molecule has 0 aliphatic carbocycles. The smallest absolute Gasteiger partial charge is 0.261 e. The summed E-state index contributed by atoms with van der Waals surface area (Å²) >= 11 is 3.18. The third-order valence-electron chi connectivity index (χ3n) is 2.50. The van der Waals surface area contributed by atoms with E-state index in [2.05, 4.69) is 21.2 Å². The fourth-order valence-corrected chi connectivity index (χ4v) is 1.97. The molecule has 3 nitrogen and oxygen atoms in total. The van der Waals surface area contributed by atoms with Gasteiger partial charge in [-0.15, -0.1) is 0 Å². The molecule has 104 valence electrons. The molecule has 0 radical (unpaired) electrons. The number of halogens is 4. The molecule has 0 spiro atoms. The van der Waals surface area contributed by atoms with E-state index >= 15 is 0 Å². The number of hydrogen-bond donors (Lipinski definition) is 2. The molecule has 0 saturated carbocycles. The number of benzene rings is 2. The molecule has 0 atom stereocenters. The van der Waals surface area contributed by atoms with E-state index in [1.807, 2.05) is 0 Å². The summed E-state index contributed by atoms with van der Waals surface area (Å²) in [6.07, 6.45) is 0. The summed E-state index contributed by atoms with van der Waals surface area (Å²) in [6, 6.07) is 5.46.